The second-order valence-electron chi connectivity index (χ2n) is 11.5. The van der Waals surface area contributed by atoms with Gasteiger partial charge in [0.05, 0.1) is 27.9 Å². The highest BCUT2D eigenvalue weighted by molar-refractivity contribution is 7.86. The molecular formula is C37H34N2O9S. The van der Waals surface area contributed by atoms with Crippen LogP contribution in [0.4, 0.5) is 5.69 Å². The summed E-state index contributed by atoms with van der Waals surface area (Å²) < 4.78 is 31.1. The summed E-state index contributed by atoms with van der Waals surface area (Å²) in [6.45, 7) is -0.355. The van der Waals surface area contributed by atoms with Crippen molar-refractivity contribution in [1.82, 2.24) is 5.32 Å². The maximum Gasteiger partial charge on any atom is 0.320 e. The number of carbonyl (C=O) groups is 2. The first kappa shape index (κ1) is 34.9. The molecule has 0 unspecified atom stereocenters. The van der Waals surface area contributed by atoms with Crippen LogP contribution < -0.4 is 5.32 Å². The highest BCUT2D eigenvalue weighted by atomic mass is 32.2. The third-order valence-corrected chi connectivity index (χ3v) is 9.72. The van der Waals surface area contributed by atoms with Crippen LogP contribution in [0.25, 0.3) is 10.8 Å². The quantitative estimate of drug-likeness (QED) is 0.0349. The molecule has 49 heavy (non-hydrogen) atoms. The Morgan fingerprint density at radius 3 is 1.78 bits per heavy atom. The second-order valence-corrected chi connectivity index (χ2v) is 13.1. The lowest BCUT2D eigenvalue weighted by atomic mass is 9.76. The number of nitrogens with zero attached hydrogens (tertiary/aromatic N) is 1. The number of nitro groups is 1. The van der Waals surface area contributed by atoms with Crippen LogP contribution in [0.5, 0.6) is 0 Å². The number of hydrogen-bond acceptors (Lipinski definition) is 8. The van der Waals surface area contributed by atoms with E-state index in [4.69, 9.17) is 4.18 Å². The van der Waals surface area contributed by atoms with Crippen molar-refractivity contribution in [2.75, 3.05) is 6.61 Å². The molecule has 5 aromatic rings. The monoisotopic (exact) mass is 682 g/mol. The third-order valence-electron chi connectivity index (χ3n) is 8.41. The Labute approximate surface area is 283 Å². The molecule has 11 nitrogen and oxygen atoms in total. The van der Waals surface area contributed by atoms with Crippen molar-refractivity contribution in [3.8, 4) is 0 Å². The number of aliphatic carboxylic acids is 2. The van der Waals surface area contributed by atoms with Crippen molar-refractivity contribution in [2.24, 2.45) is 5.92 Å². The summed E-state index contributed by atoms with van der Waals surface area (Å²) in [6.07, 6.45) is -0.354. The van der Waals surface area contributed by atoms with Crippen LogP contribution in [0.2, 0.25) is 0 Å². The summed E-state index contributed by atoms with van der Waals surface area (Å²) in [6, 6.07) is 34.9. The van der Waals surface area contributed by atoms with Crippen LogP contribution in [0.15, 0.2) is 132 Å². The van der Waals surface area contributed by atoms with Crippen LogP contribution in [0, 0.1) is 16.0 Å². The molecule has 5 rings (SSSR count). The van der Waals surface area contributed by atoms with Crippen LogP contribution in [0.3, 0.4) is 0 Å². The lowest BCUT2D eigenvalue weighted by Crippen LogP contribution is -2.53. The van der Waals surface area contributed by atoms with E-state index in [9.17, 15) is 38.3 Å². The highest BCUT2D eigenvalue weighted by Gasteiger charge is 2.41. The molecule has 0 radical (unpaired) electrons. The van der Waals surface area contributed by atoms with E-state index in [0.29, 0.717) is 10.8 Å². The smallest absolute Gasteiger partial charge is 0.320 e. The first-order valence-electron chi connectivity index (χ1n) is 15.5. The van der Waals surface area contributed by atoms with E-state index in [1.807, 2.05) is 91.0 Å². The van der Waals surface area contributed by atoms with Crippen LogP contribution in [0.1, 0.15) is 36.0 Å². The van der Waals surface area contributed by atoms with Gasteiger partial charge in [0.25, 0.3) is 15.8 Å². The maximum atomic E-state index is 12.9. The Morgan fingerprint density at radius 2 is 1.29 bits per heavy atom. The van der Waals surface area contributed by atoms with Gasteiger partial charge in [-0.15, -0.1) is 0 Å². The molecule has 5 aromatic carbocycles. The lowest BCUT2D eigenvalue weighted by molar-refractivity contribution is -0.384. The van der Waals surface area contributed by atoms with Crippen LogP contribution in [-0.2, 0) is 29.4 Å². The summed E-state index contributed by atoms with van der Waals surface area (Å²) in [5, 5.41) is 36.0. The molecule has 0 saturated carbocycles. The lowest BCUT2D eigenvalue weighted by Gasteiger charge is -2.39. The van der Waals surface area contributed by atoms with E-state index in [2.05, 4.69) is 5.32 Å². The molecule has 0 fully saturated rings. The topological polar surface area (TPSA) is 173 Å². The number of benzene rings is 5. The Bertz CT molecular complexity index is 1940. The third kappa shape index (κ3) is 8.00. The molecule has 0 amide bonds. The molecule has 0 bridgehead atoms. The van der Waals surface area contributed by atoms with E-state index >= 15 is 0 Å². The van der Waals surface area contributed by atoms with E-state index in [0.717, 1.165) is 16.7 Å². The van der Waals surface area contributed by atoms with Crippen LogP contribution in [-0.4, -0.2) is 48.1 Å². The van der Waals surface area contributed by atoms with Crippen molar-refractivity contribution < 1.29 is 37.3 Å². The molecule has 0 aliphatic carbocycles. The van der Waals surface area contributed by atoms with Crippen LogP contribution >= 0.6 is 0 Å². The number of nitrogens with one attached hydrogen (secondary N) is 1. The van der Waals surface area contributed by atoms with Gasteiger partial charge in [-0.2, -0.15) is 8.42 Å². The van der Waals surface area contributed by atoms with Gasteiger partial charge in [-0.05, 0) is 64.9 Å². The Balaban J connectivity index is 1.35. The van der Waals surface area contributed by atoms with Gasteiger partial charge in [0.2, 0.25) is 0 Å². The summed E-state index contributed by atoms with van der Waals surface area (Å²) in [5.41, 5.74) is 0.922. The SMILES string of the molecule is O=C(O)[C@@H](CCCOS(=O)(=O)c1ccc2ccc([N+](=O)[O-])cc2c1)C[C@H](NC(c1ccccc1)(c1ccccc1)c1ccccc1)C(=O)O. The average Bonchev–Trinajstić information content (AvgIpc) is 3.11. The number of hydrogen-bond donors (Lipinski definition) is 3. The number of non-ortho nitro benzene ring substituents is 1. The predicted octanol–water partition coefficient (Wildman–Crippen LogP) is 6.36. The summed E-state index contributed by atoms with van der Waals surface area (Å²) in [7, 11) is -4.28. The average molecular weight is 683 g/mol. The standard InChI is InChI=1S/C37H34N2O9S/c40-35(41)27(11-10-22-48-49(46,47)33-21-19-26-18-20-32(39(44)45)23-28(26)24-33)25-34(36(42)43)38-37(29-12-4-1-5-13-29,30-14-6-2-7-15-30)31-16-8-3-9-17-31/h1-9,12-21,23-24,27,34,38H,10-11,22,25H2,(H,40,41)(H,42,43)/t27-,34-/m0/s1. The number of carboxylic acids is 2. The van der Waals surface area contributed by atoms with Gasteiger partial charge in [-0.1, -0.05) is 97.1 Å². The zero-order chi connectivity index (χ0) is 35.0. The van der Waals surface area contributed by atoms with Gasteiger partial charge in [-0.25, -0.2) is 0 Å². The first-order chi connectivity index (χ1) is 23.5. The number of fused-ring (bicyclic) bond motifs is 1. The zero-order valence-electron chi connectivity index (χ0n) is 26.2. The minimum absolute atomic E-state index is 0.00277. The summed E-state index contributed by atoms with van der Waals surface area (Å²) >= 11 is 0. The molecule has 2 atom stereocenters. The van der Waals surface area contributed by atoms with E-state index < -0.39 is 44.5 Å². The molecule has 0 aliphatic heterocycles. The fourth-order valence-corrected chi connectivity index (χ4v) is 6.95. The minimum atomic E-state index is -4.28. The van der Waals surface area contributed by atoms with Gasteiger partial charge >= 0.3 is 11.9 Å². The van der Waals surface area contributed by atoms with Gasteiger partial charge < -0.3 is 10.2 Å². The largest absolute Gasteiger partial charge is 0.481 e. The zero-order valence-corrected chi connectivity index (χ0v) is 27.0. The van der Waals surface area contributed by atoms with Gasteiger partial charge in [0.15, 0.2) is 0 Å². The normalized spacial score (nSPS) is 13.1. The molecular weight excluding hydrogens is 648 g/mol. The fourth-order valence-electron chi connectivity index (χ4n) is 5.97. The number of nitro benzene ring substituents is 1. The maximum absolute atomic E-state index is 12.9. The van der Waals surface area contributed by atoms with Gasteiger partial charge in [0.1, 0.15) is 6.04 Å². The Hall–Kier alpha value is -5.43. The molecule has 0 heterocycles. The Morgan fingerprint density at radius 1 is 0.755 bits per heavy atom. The van der Waals surface area contributed by atoms with Crippen molar-refractivity contribution in [2.45, 2.75) is 35.7 Å². The number of carboxylic acid groups (broad SMARTS) is 2. The molecule has 0 spiro atoms. The van der Waals surface area contributed by atoms with Crippen molar-refractivity contribution >= 4 is 38.5 Å². The molecule has 12 heteroatoms. The van der Waals surface area contributed by atoms with E-state index in [1.165, 1.54) is 36.4 Å². The van der Waals surface area contributed by atoms with Crippen molar-refractivity contribution in [3.63, 3.8) is 0 Å². The minimum Gasteiger partial charge on any atom is -0.481 e. The van der Waals surface area contributed by atoms with Gasteiger partial charge in [-0.3, -0.25) is 29.2 Å². The summed E-state index contributed by atoms with van der Waals surface area (Å²) in [5.74, 6) is -3.62. The predicted molar refractivity (Wildman–Crippen MR) is 182 cm³/mol. The molecule has 3 N–H and O–H groups in total. The fraction of sp³-hybridized carbons (Fsp3) is 0.189. The summed E-state index contributed by atoms with van der Waals surface area (Å²) in [4.78, 5) is 35.6. The van der Waals surface area contributed by atoms with Crippen molar-refractivity contribution in [3.05, 3.63) is 154 Å². The molecule has 0 aliphatic rings. The van der Waals surface area contributed by atoms with E-state index in [1.54, 1.807) is 0 Å². The van der Waals surface area contributed by atoms with Crippen molar-refractivity contribution in [1.29, 1.82) is 0 Å². The highest BCUT2D eigenvalue weighted by Crippen LogP contribution is 2.38. The molecule has 252 valence electrons. The van der Waals surface area contributed by atoms with E-state index in [-0.39, 0.29) is 36.5 Å². The van der Waals surface area contributed by atoms with Gasteiger partial charge in [0, 0.05) is 12.1 Å². The molecule has 0 saturated heterocycles. The second kappa shape index (κ2) is 15.2. The first-order valence-corrected chi connectivity index (χ1v) is 16.9. The number of rotatable bonds is 16. The Kier molecular flexibility index (Phi) is 10.8. The molecule has 0 aromatic heterocycles.